The van der Waals surface area contributed by atoms with Gasteiger partial charge in [0, 0.05) is 16.5 Å². The molecule has 0 saturated carbocycles. The fourth-order valence-electron chi connectivity index (χ4n) is 0. The first-order chi connectivity index (χ1) is 2.41. The Morgan fingerprint density at radius 3 is 2.00 bits per heavy atom. The summed E-state index contributed by atoms with van der Waals surface area (Å²) < 4.78 is 4.75. The van der Waals surface area contributed by atoms with Crippen LogP contribution in [-0.4, -0.2) is 5.48 Å². The molecule has 0 spiro atoms. The van der Waals surface area contributed by atoms with Gasteiger partial charge in [0.2, 0.25) is 1.43 Å². The summed E-state index contributed by atoms with van der Waals surface area (Å²) in [7, 11) is 0. The minimum Gasteiger partial charge on any atom is -0.412 e. The van der Waals surface area contributed by atoms with E-state index in [-0.39, 0.29) is 16.5 Å². The van der Waals surface area contributed by atoms with E-state index in [1.807, 2.05) is 6.92 Å². The van der Waals surface area contributed by atoms with Crippen LogP contribution in [0.15, 0.2) is 0 Å². The van der Waals surface area contributed by atoms with Gasteiger partial charge in [0.15, 0.2) is 0 Å². The van der Waals surface area contributed by atoms with E-state index in [1.54, 1.807) is 0 Å². The zero-order chi connectivity index (χ0) is 4.71. The van der Waals surface area contributed by atoms with Crippen LogP contribution in [0, 0.1) is 6.92 Å². The first-order valence-electron chi connectivity index (χ1n) is 1.65. The van der Waals surface area contributed by atoms with Crippen LogP contribution < -0.4 is 0 Å². The van der Waals surface area contributed by atoms with Crippen molar-refractivity contribution in [3.63, 3.8) is 0 Å². The second-order valence-corrected chi connectivity index (χ2v) is 0.500. The van der Waals surface area contributed by atoms with Gasteiger partial charge < -0.3 is 12.4 Å². The quantitative estimate of drug-likeness (QED) is 0.328. The van der Waals surface area contributed by atoms with Crippen molar-refractivity contribution in [3.05, 3.63) is 6.92 Å². The summed E-state index contributed by atoms with van der Waals surface area (Å²) in [5, 5.41) is 0. The Kier molecular flexibility index (Phi) is 45.6. The van der Waals surface area contributed by atoms with Crippen molar-refractivity contribution in [2.75, 3.05) is 0 Å². The second-order valence-electron chi connectivity index (χ2n) is 0.500. The molecule has 0 atom stereocenters. The van der Waals surface area contributed by atoms with Crippen LogP contribution in [-0.2, 0) is 16.5 Å². The van der Waals surface area contributed by atoms with Crippen LogP contribution >= 0.6 is 0 Å². The molecule has 1 nitrogen and oxygen atoms in total. The molecule has 0 saturated heterocycles. The Morgan fingerprint density at radius 1 is 2.00 bits per heavy atom. The molecule has 0 aliphatic carbocycles. The van der Waals surface area contributed by atoms with Gasteiger partial charge in [-0.3, -0.25) is 0 Å². The third-order valence-corrected chi connectivity index (χ3v) is 0. The maximum atomic E-state index is 6.25. The van der Waals surface area contributed by atoms with Gasteiger partial charge in [0.05, 0.1) is 0 Å². The van der Waals surface area contributed by atoms with Crippen molar-refractivity contribution in [2.45, 2.75) is 13.3 Å². The van der Waals surface area contributed by atoms with Gasteiger partial charge in [0.25, 0.3) is 0 Å². The molecule has 0 aromatic rings. The number of rotatable bonds is 0. The van der Waals surface area contributed by atoms with Crippen molar-refractivity contribution < 1.29 is 23.4 Å². The SMILES string of the molecule is [2H]O.[CH2-]CC.[Ni]. The molecule has 0 fully saturated rings. The van der Waals surface area contributed by atoms with Gasteiger partial charge in [-0.1, -0.05) is 6.92 Å². The largest absolute Gasteiger partial charge is 0.412 e. The van der Waals surface area contributed by atoms with E-state index < -0.39 is 0 Å². The maximum absolute atomic E-state index is 6.25. The van der Waals surface area contributed by atoms with E-state index in [2.05, 4.69) is 6.92 Å². The summed E-state index contributed by atoms with van der Waals surface area (Å²) in [6, 6.07) is 0. The smallest absolute Gasteiger partial charge is 0.206 e. The van der Waals surface area contributed by atoms with Gasteiger partial charge in [-0.15, -0.1) is 0 Å². The van der Waals surface area contributed by atoms with E-state index in [9.17, 15) is 0 Å². The Morgan fingerprint density at radius 2 is 2.00 bits per heavy atom. The summed E-state index contributed by atoms with van der Waals surface area (Å²) in [6.07, 6.45) is 1.00. The van der Waals surface area contributed by atoms with Crippen LogP contribution in [0.2, 0.25) is 0 Å². The van der Waals surface area contributed by atoms with E-state index in [1.165, 1.54) is 0 Å². The Bertz CT molecular complexity index is 10.8. The second kappa shape index (κ2) is 25.1. The average molecular weight is 121 g/mol. The zero-order valence-electron chi connectivity index (χ0n) is 4.18. The predicted molar refractivity (Wildman–Crippen MR) is 19.3 cm³/mol. The molecular formula is C3H9NiO-. The first-order valence-corrected chi connectivity index (χ1v) is 1.21. The number of hydrogen-bond donors (Lipinski definition) is 0. The monoisotopic (exact) mass is 120 g/mol. The molecule has 5 heavy (non-hydrogen) atoms. The molecule has 0 unspecified atom stereocenters. The molecule has 2 heteroatoms. The van der Waals surface area contributed by atoms with Crippen molar-refractivity contribution in [1.29, 1.82) is 0 Å². The topological polar surface area (TPSA) is 31.5 Å². The third kappa shape index (κ3) is 130. The average Bonchev–Trinajstić information content (AvgIpc) is 1.46. The predicted octanol–water partition coefficient (Wildman–Crippen LogP) is 0.403. The number of hydrogen-bond acceptors (Lipinski definition) is 0. The normalized spacial score (nSPS) is 5.00. The van der Waals surface area contributed by atoms with E-state index in [0.717, 1.165) is 6.42 Å². The van der Waals surface area contributed by atoms with E-state index in [4.69, 9.17) is 6.91 Å². The molecule has 0 aromatic heterocycles. The fraction of sp³-hybridized carbons (Fsp3) is 0.667. The van der Waals surface area contributed by atoms with Crippen LogP contribution in [0.5, 0.6) is 0 Å². The van der Waals surface area contributed by atoms with Gasteiger partial charge in [0.1, 0.15) is 0 Å². The third-order valence-electron chi connectivity index (χ3n) is 0. The van der Waals surface area contributed by atoms with Crippen LogP contribution in [0.25, 0.3) is 0 Å². The Balaban J connectivity index is -0.0000000275. The molecule has 38 valence electrons. The molecule has 0 rings (SSSR count). The molecule has 0 bridgehead atoms. The minimum atomic E-state index is 0. The molecule has 2 N–H and O–H groups in total. The summed E-state index contributed by atoms with van der Waals surface area (Å²) in [4.78, 5) is 0. The molecule has 0 aliphatic rings. The van der Waals surface area contributed by atoms with Gasteiger partial charge in [-0.2, -0.15) is 6.42 Å². The molecule has 0 aromatic carbocycles. The molecule has 0 amide bonds. The zero-order valence-corrected chi connectivity index (χ0v) is 4.17. The Hall–Kier alpha value is 0.454. The van der Waals surface area contributed by atoms with Crippen molar-refractivity contribution >= 4 is 0 Å². The first kappa shape index (κ1) is 9.07. The van der Waals surface area contributed by atoms with Crippen LogP contribution in [0.1, 0.15) is 14.8 Å². The Labute approximate surface area is 44.5 Å². The minimum absolute atomic E-state index is 0. The van der Waals surface area contributed by atoms with E-state index >= 15 is 0 Å². The maximum Gasteiger partial charge on any atom is 0.206 e. The van der Waals surface area contributed by atoms with Gasteiger partial charge in [-0.25, -0.2) is 0 Å². The summed E-state index contributed by atoms with van der Waals surface area (Å²) in [6.45, 7) is 5.50. The van der Waals surface area contributed by atoms with Crippen LogP contribution in [0.4, 0.5) is 0 Å². The summed E-state index contributed by atoms with van der Waals surface area (Å²) in [5.41, 5.74) is 6.25. The molecule has 0 aliphatic heterocycles. The fourth-order valence-corrected chi connectivity index (χ4v) is 0. The van der Waals surface area contributed by atoms with Crippen molar-refractivity contribution in [1.82, 2.24) is 0 Å². The van der Waals surface area contributed by atoms with E-state index in [0.29, 0.717) is 0 Å². The van der Waals surface area contributed by atoms with Crippen molar-refractivity contribution in [2.24, 2.45) is 0 Å². The summed E-state index contributed by atoms with van der Waals surface area (Å²) in [5.74, 6) is 0. The standard InChI is InChI=1S/C3H7.Ni.H2O/c1-3-2;;/h1,3H2,2H3;;1H2/q-1;;/i/hD. The molecule has 0 radical (unpaired) electrons. The van der Waals surface area contributed by atoms with Crippen molar-refractivity contribution in [3.8, 4) is 0 Å². The molecular weight excluding hydrogens is 111 g/mol. The van der Waals surface area contributed by atoms with Gasteiger partial charge in [-0.05, 0) is 0 Å². The summed E-state index contributed by atoms with van der Waals surface area (Å²) >= 11 is 0. The molecule has 0 heterocycles. The van der Waals surface area contributed by atoms with Gasteiger partial charge >= 0.3 is 0 Å². The van der Waals surface area contributed by atoms with Crippen LogP contribution in [0.3, 0.4) is 0 Å².